The van der Waals surface area contributed by atoms with Crippen LogP contribution in [0.4, 0.5) is 5.69 Å². The van der Waals surface area contributed by atoms with Gasteiger partial charge in [-0.1, -0.05) is 0 Å². The third kappa shape index (κ3) is 7.06. The van der Waals surface area contributed by atoms with E-state index in [0.29, 0.717) is 23.9 Å². The number of anilines is 1. The lowest BCUT2D eigenvalue weighted by atomic mass is 10.2. The van der Waals surface area contributed by atoms with Crippen LogP contribution in [0.2, 0.25) is 0 Å². The van der Waals surface area contributed by atoms with Crippen LogP contribution in [0.1, 0.15) is 24.2 Å². The number of aliphatic carboxylic acids is 1. The van der Waals surface area contributed by atoms with Crippen LogP contribution in [0.15, 0.2) is 36.4 Å². The van der Waals surface area contributed by atoms with Crippen LogP contribution in [0, 0.1) is 0 Å². The zero-order chi connectivity index (χ0) is 17.9. The van der Waals surface area contributed by atoms with Crippen LogP contribution >= 0.6 is 0 Å². The fourth-order valence-electron chi connectivity index (χ4n) is 1.99. The van der Waals surface area contributed by atoms with E-state index in [9.17, 15) is 19.5 Å². The van der Waals surface area contributed by atoms with E-state index in [-0.39, 0.29) is 0 Å². The summed E-state index contributed by atoms with van der Waals surface area (Å²) in [5, 5.41) is 12.7. The summed E-state index contributed by atoms with van der Waals surface area (Å²) in [5.74, 6) is -2.47. The largest absolute Gasteiger partial charge is 0.545 e. The van der Waals surface area contributed by atoms with Crippen molar-refractivity contribution in [1.82, 2.24) is 0 Å². The highest BCUT2D eigenvalue weighted by Gasteiger charge is 2.09. The van der Waals surface area contributed by atoms with Crippen molar-refractivity contribution in [2.24, 2.45) is 0 Å². The van der Waals surface area contributed by atoms with Gasteiger partial charge in [0.25, 0.3) is 0 Å². The predicted molar refractivity (Wildman–Crippen MR) is 86.4 cm³/mol. The number of carbonyl (C=O) groups excluding carboxylic acids is 3. The number of carbonyl (C=O) groups is 3. The second-order valence-electron chi connectivity index (χ2n) is 5.06. The molecule has 0 saturated carbocycles. The van der Waals surface area contributed by atoms with Crippen molar-refractivity contribution in [2.45, 2.75) is 13.8 Å². The van der Waals surface area contributed by atoms with Gasteiger partial charge in [0.15, 0.2) is 0 Å². The van der Waals surface area contributed by atoms with Crippen LogP contribution in [0.3, 0.4) is 0 Å². The van der Waals surface area contributed by atoms with E-state index in [4.69, 9.17) is 4.74 Å². The number of hydrogen-bond acceptors (Lipinski definition) is 5. The minimum atomic E-state index is -1.45. The Labute approximate surface area is 140 Å². The highest BCUT2D eigenvalue weighted by Crippen LogP contribution is 2.10. The van der Waals surface area contributed by atoms with E-state index in [1.54, 1.807) is 0 Å². The maximum atomic E-state index is 11.9. The highest BCUT2D eigenvalue weighted by atomic mass is 16.5. The Morgan fingerprint density at radius 1 is 1.12 bits per heavy atom. The van der Waals surface area contributed by atoms with Gasteiger partial charge < -0.3 is 24.9 Å². The van der Waals surface area contributed by atoms with Gasteiger partial charge >= 0.3 is 5.97 Å². The summed E-state index contributed by atoms with van der Waals surface area (Å²) >= 11 is 0. The molecule has 0 aromatic heterocycles. The first-order chi connectivity index (χ1) is 11.5. The van der Waals surface area contributed by atoms with Crippen LogP contribution in [0.5, 0.6) is 0 Å². The molecule has 0 unspecified atom stereocenters. The van der Waals surface area contributed by atoms with Gasteiger partial charge in [-0.25, -0.2) is 4.79 Å². The van der Waals surface area contributed by atoms with Gasteiger partial charge in [0.05, 0.1) is 24.6 Å². The molecule has 0 heterocycles. The molecular weight excluding hydrogens is 312 g/mol. The molecule has 130 valence electrons. The molecule has 24 heavy (non-hydrogen) atoms. The molecule has 1 aromatic rings. The summed E-state index contributed by atoms with van der Waals surface area (Å²) < 4.78 is 5.22. The number of amides is 1. The number of esters is 1. The lowest BCUT2D eigenvalue weighted by Gasteiger charge is -2.15. The van der Waals surface area contributed by atoms with E-state index in [0.717, 1.165) is 25.7 Å². The lowest BCUT2D eigenvalue weighted by molar-refractivity contribution is -0.896. The Kier molecular flexibility index (Phi) is 8.21. The first-order valence-electron chi connectivity index (χ1n) is 7.77. The molecule has 1 amide bonds. The number of hydrogen-bond donors (Lipinski definition) is 2. The van der Waals surface area contributed by atoms with Gasteiger partial charge in [0, 0.05) is 11.8 Å². The second kappa shape index (κ2) is 10.2. The van der Waals surface area contributed by atoms with Crippen molar-refractivity contribution < 1.29 is 29.1 Å². The summed E-state index contributed by atoms with van der Waals surface area (Å²) in [6, 6.07) is 6.14. The van der Waals surface area contributed by atoms with E-state index in [1.807, 2.05) is 0 Å². The van der Waals surface area contributed by atoms with Gasteiger partial charge in [0.1, 0.15) is 13.2 Å². The highest BCUT2D eigenvalue weighted by molar-refractivity contribution is 6.02. The molecular formula is C17H22N2O5. The molecule has 0 aliphatic rings. The first kappa shape index (κ1) is 19.4. The third-order valence-electron chi connectivity index (χ3n) is 3.45. The number of ether oxygens (including phenoxy) is 1. The average Bonchev–Trinajstić information content (AvgIpc) is 2.57. The van der Waals surface area contributed by atoms with Crippen molar-refractivity contribution in [3.05, 3.63) is 42.0 Å². The Morgan fingerprint density at radius 2 is 1.75 bits per heavy atom. The summed E-state index contributed by atoms with van der Waals surface area (Å²) in [6.45, 7) is 7.23. The second-order valence-corrected chi connectivity index (χ2v) is 5.06. The summed E-state index contributed by atoms with van der Waals surface area (Å²) in [5.41, 5.74) is 0.819. The number of likely N-dealkylation sites (N-methyl/N-ethyl adjacent to an activating group) is 1. The molecule has 1 aromatic carbocycles. The van der Waals surface area contributed by atoms with Gasteiger partial charge in [-0.3, -0.25) is 4.79 Å². The number of carboxylic acid groups (broad SMARTS) is 1. The Morgan fingerprint density at radius 3 is 2.29 bits per heavy atom. The van der Waals surface area contributed by atoms with Crippen molar-refractivity contribution in [1.29, 1.82) is 0 Å². The van der Waals surface area contributed by atoms with Gasteiger partial charge in [0.2, 0.25) is 5.91 Å². The molecule has 1 rings (SSSR count). The molecule has 7 nitrogen and oxygen atoms in total. The SMILES string of the molecule is CC[NH+](CC)CCOC(=O)c1ccc(NC(=O)C=CC(=O)[O-])cc1. The van der Waals surface area contributed by atoms with Crippen molar-refractivity contribution >= 4 is 23.5 Å². The number of quaternary nitrogens is 1. The Hall–Kier alpha value is -2.67. The summed E-state index contributed by atoms with van der Waals surface area (Å²) in [4.78, 5) is 34.9. The molecule has 0 aliphatic carbocycles. The van der Waals surface area contributed by atoms with E-state index in [2.05, 4.69) is 19.2 Å². The minimum absolute atomic E-state index is 0.350. The standard InChI is InChI=1S/C17H22N2O5/c1-3-19(4-2)11-12-24-17(23)13-5-7-14(8-6-13)18-15(20)9-10-16(21)22/h5-10H,3-4,11-12H2,1-2H3,(H,18,20)(H,21,22). The van der Waals surface area contributed by atoms with E-state index in [1.165, 1.54) is 29.2 Å². The van der Waals surface area contributed by atoms with Gasteiger partial charge in [-0.05, 0) is 44.2 Å². The topological polar surface area (TPSA) is 100.0 Å². The number of rotatable bonds is 9. The lowest BCUT2D eigenvalue weighted by Crippen LogP contribution is -3.11. The number of carboxylic acids is 1. The molecule has 0 spiro atoms. The molecule has 2 N–H and O–H groups in total. The minimum Gasteiger partial charge on any atom is -0.545 e. The van der Waals surface area contributed by atoms with Crippen molar-refractivity contribution in [3.63, 3.8) is 0 Å². The molecule has 0 bridgehead atoms. The molecule has 7 heteroatoms. The Bertz CT molecular complexity index is 592. The van der Waals surface area contributed by atoms with Crippen LogP contribution in [-0.2, 0) is 14.3 Å². The van der Waals surface area contributed by atoms with Crippen LogP contribution in [0.25, 0.3) is 0 Å². The molecule has 0 fully saturated rings. The van der Waals surface area contributed by atoms with E-state index < -0.39 is 17.8 Å². The molecule has 0 aliphatic heterocycles. The fourth-order valence-corrected chi connectivity index (χ4v) is 1.99. The van der Waals surface area contributed by atoms with E-state index >= 15 is 0 Å². The van der Waals surface area contributed by atoms with Crippen LogP contribution in [-0.4, -0.2) is 44.1 Å². The zero-order valence-corrected chi connectivity index (χ0v) is 13.8. The number of nitrogens with one attached hydrogen (secondary N) is 2. The monoisotopic (exact) mass is 334 g/mol. The normalized spacial score (nSPS) is 10.8. The Balaban J connectivity index is 2.50. The third-order valence-corrected chi connectivity index (χ3v) is 3.45. The molecule has 0 radical (unpaired) electrons. The van der Waals surface area contributed by atoms with Crippen LogP contribution < -0.4 is 15.3 Å². The average molecular weight is 334 g/mol. The summed E-state index contributed by atoms with van der Waals surface area (Å²) in [6.07, 6.45) is 1.49. The van der Waals surface area contributed by atoms with Gasteiger partial charge in [-0.2, -0.15) is 0 Å². The number of benzene rings is 1. The summed E-state index contributed by atoms with van der Waals surface area (Å²) in [7, 11) is 0. The fraction of sp³-hybridized carbons (Fsp3) is 0.353. The maximum absolute atomic E-state index is 11.9. The van der Waals surface area contributed by atoms with Gasteiger partial charge in [-0.15, -0.1) is 0 Å². The van der Waals surface area contributed by atoms with Crippen molar-refractivity contribution in [2.75, 3.05) is 31.6 Å². The maximum Gasteiger partial charge on any atom is 0.338 e. The first-order valence-corrected chi connectivity index (χ1v) is 7.77. The smallest absolute Gasteiger partial charge is 0.338 e. The molecule has 0 atom stereocenters. The van der Waals surface area contributed by atoms with Crippen molar-refractivity contribution in [3.8, 4) is 0 Å². The quantitative estimate of drug-likeness (QED) is 0.446. The molecule has 0 saturated heterocycles. The predicted octanol–water partition coefficient (Wildman–Crippen LogP) is -0.987. The zero-order valence-electron chi connectivity index (χ0n) is 13.8.